The van der Waals surface area contributed by atoms with Gasteiger partial charge in [-0.25, -0.2) is 4.79 Å². The summed E-state index contributed by atoms with van der Waals surface area (Å²) in [6, 6.07) is 15.9. The average Bonchev–Trinajstić information content (AvgIpc) is 2.66. The highest BCUT2D eigenvalue weighted by atomic mass is 16.5. The van der Waals surface area contributed by atoms with Gasteiger partial charge in [0.2, 0.25) is 0 Å². The normalized spacial score (nSPS) is 10.0. The number of hydrogen-bond acceptors (Lipinski definition) is 5. The summed E-state index contributed by atoms with van der Waals surface area (Å²) in [4.78, 5) is 35.1. The number of rotatable bonds is 8. The fraction of sp³-hybridized carbons (Fsp3) is 0.250. The first-order chi connectivity index (χ1) is 12.6. The molecule has 0 bridgehead atoms. The highest BCUT2D eigenvalue weighted by molar-refractivity contribution is 5.94. The van der Waals surface area contributed by atoms with Gasteiger partial charge in [-0.2, -0.15) is 0 Å². The van der Waals surface area contributed by atoms with E-state index >= 15 is 0 Å². The van der Waals surface area contributed by atoms with Gasteiger partial charge in [0.15, 0.2) is 6.61 Å². The summed E-state index contributed by atoms with van der Waals surface area (Å²) >= 11 is 0. The molecule has 2 aromatic carbocycles. The highest BCUT2D eigenvalue weighted by Crippen LogP contribution is 2.11. The van der Waals surface area contributed by atoms with E-state index in [9.17, 15) is 14.4 Å². The molecule has 0 atom stereocenters. The molecule has 0 aliphatic heterocycles. The van der Waals surface area contributed by atoms with Crippen molar-refractivity contribution in [2.24, 2.45) is 0 Å². The lowest BCUT2D eigenvalue weighted by molar-refractivity contribution is -0.147. The smallest absolute Gasteiger partial charge is 0.338 e. The molecule has 136 valence electrons. The predicted molar refractivity (Wildman–Crippen MR) is 96.8 cm³/mol. The predicted octanol–water partition coefficient (Wildman–Crippen LogP) is 2.98. The first-order valence-electron chi connectivity index (χ1n) is 8.35. The fourth-order valence-corrected chi connectivity index (χ4v) is 2.21. The Morgan fingerprint density at radius 3 is 2.27 bits per heavy atom. The first-order valence-corrected chi connectivity index (χ1v) is 8.35. The molecule has 1 amide bonds. The van der Waals surface area contributed by atoms with Crippen molar-refractivity contribution < 1.29 is 23.9 Å². The number of carbonyl (C=O) groups excluding carboxylic acids is 3. The van der Waals surface area contributed by atoms with Crippen molar-refractivity contribution in [2.45, 2.75) is 19.8 Å². The van der Waals surface area contributed by atoms with Gasteiger partial charge in [-0.3, -0.25) is 9.59 Å². The minimum absolute atomic E-state index is 0.214. The average molecular weight is 355 g/mol. The van der Waals surface area contributed by atoms with Gasteiger partial charge < -0.3 is 14.8 Å². The molecule has 6 nitrogen and oxygen atoms in total. The van der Waals surface area contributed by atoms with Gasteiger partial charge >= 0.3 is 11.9 Å². The monoisotopic (exact) mass is 355 g/mol. The van der Waals surface area contributed by atoms with Gasteiger partial charge in [0.25, 0.3) is 5.91 Å². The van der Waals surface area contributed by atoms with E-state index in [1.165, 1.54) is 0 Å². The molecule has 0 aliphatic carbocycles. The van der Waals surface area contributed by atoms with Crippen molar-refractivity contribution >= 4 is 23.5 Å². The molecule has 2 rings (SSSR count). The Labute approximate surface area is 152 Å². The van der Waals surface area contributed by atoms with Gasteiger partial charge in [0.05, 0.1) is 12.2 Å². The zero-order valence-electron chi connectivity index (χ0n) is 14.6. The van der Waals surface area contributed by atoms with Crippen LogP contribution in [0.25, 0.3) is 0 Å². The summed E-state index contributed by atoms with van der Waals surface area (Å²) in [6.45, 7) is 1.67. The molecule has 0 saturated heterocycles. The van der Waals surface area contributed by atoms with Crippen LogP contribution >= 0.6 is 0 Å². The molecule has 1 N–H and O–H groups in total. The lowest BCUT2D eigenvalue weighted by atomic mass is 10.1. The van der Waals surface area contributed by atoms with Crippen LogP contribution in [-0.2, 0) is 25.5 Å². The zero-order valence-corrected chi connectivity index (χ0v) is 14.6. The summed E-state index contributed by atoms with van der Waals surface area (Å²) in [5.74, 6) is -1.29. The molecule has 0 fully saturated rings. The molecule has 0 aromatic heterocycles. The van der Waals surface area contributed by atoms with Crippen LogP contribution in [0, 0.1) is 0 Å². The molecule has 0 unspecified atom stereocenters. The van der Waals surface area contributed by atoms with Gasteiger partial charge in [-0.05, 0) is 43.2 Å². The fourth-order valence-electron chi connectivity index (χ4n) is 2.21. The maximum Gasteiger partial charge on any atom is 0.338 e. The molecule has 26 heavy (non-hydrogen) atoms. The number of esters is 2. The van der Waals surface area contributed by atoms with E-state index in [1.807, 2.05) is 30.3 Å². The minimum Gasteiger partial charge on any atom is -0.462 e. The van der Waals surface area contributed by atoms with Crippen LogP contribution in [0.5, 0.6) is 0 Å². The van der Waals surface area contributed by atoms with Crippen molar-refractivity contribution in [1.82, 2.24) is 0 Å². The maximum atomic E-state index is 11.8. The number of benzene rings is 2. The Bertz CT molecular complexity index is 741. The number of amides is 1. The van der Waals surface area contributed by atoms with Crippen molar-refractivity contribution in [2.75, 3.05) is 18.5 Å². The molecule has 0 spiro atoms. The third-order valence-electron chi connectivity index (χ3n) is 3.50. The van der Waals surface area contributed by atoms with Crippen molar-refractivity contribution in [3.8, 4) is 0 Å². The summed E-state index contributed by atoms with van der Waals surface area (Å²) < 4.78 is 9.85. The van der Waals surface area contributed by atoms with Crippen LogP contribution in [-0.4, -0.2) is 31.1 Å². The number of anilines is 1. The molecule has 6 heteroatoms. The Balaban J connectivity index is 1.72. The third kappa shape index (κ3) is 6.39. The van der Waals surface area contributed by atoms with E-state index in [4.69, 9.17) is 9.47 Å². The second-order valence-electron chi connectivity index (χ2n) is 5.49. The maximum absolute atomic E-state index is 11.8. The lowest BCUT2D eigenvalue weighted by Crippen LogP contribution is -2.21. The topological polar surface area (TPSA) is 81.7 Å². The summed E-state index contributed by atoms with van der Waals surface area (Å²) in [5.41, 5.74) is 1.94. The molecular formula is C20H21NO5. The highest BCUT2D eigenvalue weighted by Gasteiger charge is 2.10. The van der Waals surface area contributed by atoms with Crippen LogP contribution < -0.4 is 5.32 Å². The standard InChI is InChI=1S/C20H21NO5/c1-2-25-20(24)16-9-11-17(12-10-16)21-18(22)14-26-19(23)13-8-15-6-4-3-5-7-15/h3-7,9-12H,2,8,13-14H2,1H3,(H,21,22). The van der Waals surface area contributed by atoms with Crippen LogP contribution in [0.1, 0.15) is 29.3 Å². The molecule has 0 aliphatic rings. The SMILES string of the molecule is CCOC(=O)c1ccc(NC(=O)COC(=O)CCc2ccccc2)cc1. The molecule has 0 heterocycles. The van der Waals surface area contributed by atoms with Crippen LogP contribution in [0.15, 0.2) is 54.6 Å². The van der Waals surface area contributed by atoms with E-state index in [2.05, 4.69) is 5.32 Å². The molecular weight excluding hydrogens is 334 g/mol. The summed E-state index contributed by atoms with van der Waals surface area (Å²) in [6.07, 6.45) is 0.780. The van der Waals surface area contributed by atoms with Crippen molar-refractivity contribution in [3.05, 3.63) is 65.7 Å². The van der Waals surface area contributed by atoms with Gasteiger partial charge in [-0.1, -0.05) is 30.3 Å². The first kappa shape index (κ1) is 19.2. The van der Waals surface area contributed by atoms with Crippen LogP contribution in [0.2, 0.25) is 0 Å². The summed E-state index contributed by atoms with van der Waals surface area (Å²) in [5, 5.41) is 2.60. The Hall–Kier alpha value is -3.15. The number of nitrogens with one attached hydrogen (secondary N) is 1. The lowest BCUT2D eigenvalue weighted by Gasteiger charge is -2.07. The molecule has 0 saturated carbocycles. The summed E-state index contributed by atoms with van der Waals surface area (Å²) in [7, 11) is 0. The van der Waals surface area contributed by atoms with E-state index in [0.717, 1.165) is 5.56 Å². The van der Waals surface area contributed by atoms with Gasteiger partial charge in [0.1, 0.15) is 0 Å². The minimum atomic E-state index is -0.443. The quantitative estimate of drug-likeness (QED) is 0.736. The van der Waals surface area contributed by atoms with Gasteiger partial charge in [-0.15, -0.1) is 0 Å². The van der Waals surface area contributed by atoms with Crippen molar-refractivity contribution in [1.29, 1.82) is 0 Å². The van der Waals surface area contributed by atoms with Gasteiger partial charge in [0, 0.05) is 12.1 Å². The largest absolute Gasteiger partial charge is 0.462 e. The number of hydrogen-bond donors (Lipinski definition) is 1. The second kappa shape index (κ2) is 9.98. The van der Waals surface area contributed by atoms with Crippen molar-refractivity contribution in [3.63, 3.8) is 0 Å². The zero-order chi connectivity index (χ0) is 18.8. The van der Waals surface area contributed by atoms with E-state index in [-0.39, 0.29) is 13.0 Å². The number of aryl methyl sites for hydroxylation is 1. The Morgan fingerprint density at radius 2 is 1.62 bits per heavy atom. The van der Waals surface area contributed by atoms with Crippen LogP contribution in [0.4, 0.5) is 5.69 Å². The van der Waals surface area contributed by atoms with E-state index in [0.29, 0.717) is 24.3 Å². The van der Waals surface area contributed by atoms with E-state index < -0.39 is 17.8 Å². The van der Waals surface area contributed by atoms with E-state index in [1.54, 1.807) is 31.2 Å². The molecule has 2 aromatic rings. The number of carbonyl (C=O) groups is 3. The Morgan fingerprint density at radius 1 is 0.923 bits per heavy atom. The second-order valence-corrected chi connectivity index (χ2v) is 5.49. The molecule has 0 radical (unpaired) electrons. The van der Waals surface area contributed by atoms with Crippen LogP contribution in [0.3, 0.4) is 0 Å². The third-order valence-corrected chi connectivity index (χ3v) is 3.50. The Kier molecular flexibility index (Phi) is 7.36. The number of ether oxygens (including phenoxy) is 2.